The molecule has 2 heterocycles. The summed E-state index contributed by atoms with van der Waals surface area (Å²) in [5.41, 5.74) is 6.27. The molecule has 6 heteroatoms. The lowest BCUT2D eigenvalue weighted by molar-refractivity contribution is 0.589. The summed E-state index contributed by atoms with van der Waals surface area (Å²) in [4.78, 5) is 0.889. The smallest absolute Gasteiger partial charge is 0.196 e. The Balaban J connectivity index is 1.91. The lowest BCUT2D eigenvalue weighted by Gasteiger charge is -2.10. The van der Waals surface area contributed by atoms with Gasteiger partial charge in [0.15, 0.2) is 5.16 Å². The van der Waals surface area contributed by atoms with Crippen molar-refractivity contribution in [3.05, 3.63) is 35.4 Å². The first-order valence-electron chi connectivity index (χ1n) is 7.37. The number of aromatic nitrogens is 3. The van der Waals surface area contributed by atoms with Crippen molar-refractivity contribution >= 4 is 11.8 Å². The van der Waals surface area contributed by atoms with E-state index in [9.17, 15) is 4.39 Å². The molecule has 1 aliphatic rings. The first-order chi connectivity index (χ1) is 10.3. The number of hydrogen-bond donors (Lipinski definition) is 1. The van der Waals surface area contributed by atoms with Gasteiger partial charge >= 0.3 is 0 Å². The summed E-state index contributed by atoms with van der Waals surface area (Å²) in [5.74, 6) is 0.854. The Hall–Kier alpha value is -1.40. The van der Waals surface area contributed by atoms with Gasteiger partial charge in [0.1, 0.15) is 11.6 Å². The quantitative estimate of drug-likeness (QED) is 0.943. The highest BCUT2D eigenvalue weighted by Crippen LogP contribution is 2.32. The summed E-state index contributed by atoms with van der Waals surface area (Å²) in [7, 11) is 0. The molecule has 112 valence electrons. The molecule has 1 aromatic heterocycles. The minimum atomic E-state index is -0.193. The van der Waals surface area contributed by atoms with Crippen molar-refractivity contribution in [2.45, 2.75) is 48.7 Å². The molecule has 0 saturated heterocycles. The van der Waals surface area contributed by atoms with E-state index in [1.165, 1.54) is 30.7 Å². The van der Waals surface area contributed by atoms with Crippen molar-refractivity contribution in [2.75, 3.05) is 6.54 Å². The Bertz CT molecular complexity index is 626. The highest BCUT2D eigenvalue weighted by atomic mass is 32.2. The Morgan fingerprint density at radius 2 is 2.14 bits per heavy atom. The SMILES string of the molecule is NCCc1c(F)cccc1Sc1nnc2n1CCCCC2. The third-order valence-corrected chi connectivity index (χ3v) is 4.83. The molecule has 2 N–H and O–H groups in total. The van der Waals surface area contributed by atoms with Crippen molar-refractivity contribution in [1.82, 2.24) is 14.8 Å². The normalized spacial score (nSPS) is 14.8. The summed E-state index contributed by atoms with van der Waals surface area (Å²) in [6, 6.07) is 5.15. The second-order valence-corrected chi connectivity index (χ2v) is 6.23. The zero-order valence-electron chi connectivity index (χ0n) is 11.9. The molecular formula is C15H19FN4S. The molecule has 21 heavy (non-hydrogen) atoms. The minimum Gasteiger partial charge on any atom is -0.330 e. The molecule has 0 bridgehead atoms. The molecule has 1 aliphatic heterocycles. The molecule has 4 nitrogen and oxygen atoms in total. The van der Waals surface area contributed by atoms with Crippen LogP contribution in [0.15, 0.2) is 28.3 Å². The molecule has 0 atom stereocenters. The predicted molar refractivity (Wildman–Crippen MR) is 80.9 cm³/mol. The molecule has 0 amide bonds. The fourth-order valence-corrected chi connectivity index (χ4v) is 3.71. The van der Waals surface area contributed by atoms with Crippen LogP contribution in [0.4, 0.5) is 4.39 Å². The molecule has 0 fully saturated rings. The minimum absolute atomic E-state index is 0.193. The number of rotatable bonds is 4. The van der Waals surface area contributed by atoms with Gasteiger partial charge in [0.2, 0.25) is 0 Å². The fraction of sp³-hybridized carbons (Fsp3) is 0.467. The van der Waals surface area contributed by atoms with Crippen LogP contribution in [0.5, 0.6) is 0 Å². The van der Waals surface area contributed by atoms with E-state index in [0.717, 1.165) is 35.3 Å². The van der Waals surface area contributed by atoms with Gasteiger partial charge < -0.3 is 10.3 Å². The van der Waals surface area contributed by atoms with E-state index in [0.29, 0.717) is 18.5 Å². The Morgan fingerprint density at radius 1 is 1.24 bits per heavy atom. The largest absolute Gasteiger partial charge is 0.330 e. The zero-order valence-corrected chi connectivity index (χ0v) is 12.7. The van der Waals surface area contributed by atoms with E-state index in [-0.39, 0.29) is 5.82 Å². The Morgan fingerprint density at radius 3 is 3.00 bits per heavy atom. The van der Waals surface area contributed by atoms with Gasteiger partial charge in [-0.25, -0.2) is 4.39 Å². The van der Waals surface area contributed by atoms with Crippen molar-refractivity contribution < 1.29 is 4.39 Å². The van der Waals surface area contributed by atoms with Gasteiger partial charge in [0.05, 0.1) is 0 Å². The van der Waals surface area contributed by atoms with Gasteiger partial charge in [0, 0.05) is 23.4 Å². The standard InChI is InChI=1S/C15H19FN4S/c16-12-5-4-6-13(11(12)8-9-17)21-15-19-18-14-7-2-1-3-10-20(14)15/h4-6H,1-3,7-10,17H2. The first-order valence-corrected chi connectivity index (χ1v) is 8.18. The number of hydrogen-bond acceptors (Lipinski definition) is 4. The van der Waals surface area contributed by atoms with Crippen LogP contribution in [0.25, 0.3) is 0 Å². The molecule has 1 aromatic carbocycles. The maximum absolute atomic E-state index is 14.0. The van der Waals surface area contributed by atoms with Gasteiger partial charge in [-0.1, -0.05) is 12.5 Å². The van der Waals surface area contributed by atoms with Crippen molar-refractivity contribution in [3.63, 3.8) is 0 Å². The topological polar surface area (TPSA) is 56.7 Å². The number of nitrogens with two attached hydrogens (primary N) is 1. The Kier molecular flexibility index (Phi) is 4.55. The predicted octanol–water partition coefficient (Wildman–Crippen LogP) is 2.80. The van der Waals surface area contributed by atoms with Gasteiger partial charge in [-0.05, 0) is 49.7 Å². The summed E-state index contributed by atoms with van der Waals surface area (Å²) >= 11 is 1.49. The zero-order chi connectivity index (χ0) is 14.7. The molecular weight excluding hydrogens is 287 g/mol. The highest BCUT2D eigenvalue weighted by Gasteiger charge is 2.17. The molecule has 0 radical (unpaired) electrons. The molecule has 0 spiro atoms. The summed E-state index contributed by atoms with van der Waals surface area (Å²) in [6.07, 6.45) is 5.06. The van der Waals surface area contributed by atoms with Crippen molar-refractivity contribution in [3.8, 4) is 0 Å². The van der Waals surface area contributed by atoms with Crippen LogP contribution < -0.4 is 5.73 Å². The summed E-state index contributed by atoms with van der Waals surface area (Å²) < 4.78 is 16.1. The van der Waals surface area contributed by atoms with Crippen LogP contribution >= 0.6 is 11.8 Å². The Labute approximate surface area is 127 Å². The van der Waals surface area contributed by atoms with Crippen LogP contribution in [0, 0.1) is 5.82 Å². The molecule has 0 saturated carbocycles. The lowest BCUT2D eigenvalue weighted by Crippen LogP contribution is -2.06. The van der Waals surface area contributed by atoms with Gasteiger partial charge in [-0.2, -0.15) is 0 Å². The van der Waals surface area contributed by atoms with Gasteiger partial charge in [-0.15, -0.1) is 10.2 Å². The number of aryl methyl sites for hydroxylation is 1. The third-order valence-electron chi connectivity index (χ3n) is 3.75. The van der Waals surface area contributed by atoms with E-state index in [4.69, 9.17) is 5.73 Å². The average molecular weight is 306 g/mol. The van der Waals surface area contributed by atoms with E-state index in [1.54, 1.807) is 6.07 Å². The maximum atomic E-state index is 14.0. The number of halogens is 1. The van der Waals surface area contributed by atoms with Crippen molar-refractivity contribution in [1.29, 1.82) is 0 Å². The van der Waals surface area contributed by atoms with Crippen LogP contribution in [0.2, 0.25) is 0 Å². The van der Waals surface area contributed by atoms with E-state index in [1.807, 2.05) is 6.07 Å². The van der Waals surface area contributed by atoms with Gasteiger partial charge in [-0.3, -0.25) is 0 Å². The number of benzene rings is 1. The van der Waals surface area contributed by atoms with Crippen LogP contribution in [-0.2, 0) is 19.4 Å². The summed E-state index contributed by atoms with van der Waals surface area (Å²) in [6.45, 7) is 1.39. The van der Waals surface area contributed by atoms with Crippen LogP contribution in [-0.4, -0.2) is 21.3 Å². The highest BCUT2D eigenvalue weighted by molar-refractivity contribution is 7.99. The van der Waals surface area contributed by atoms with Crippen LogP contribution in [0.3, 0.4) is 0 Å². The van der Waals surface area contributed by atoms with Crippen molar-refractivity contribution in [2.24, 2.45) is 5.73 Å². The molecule has 0 aliphatic carbocycles. The third kappa shape index (κ3) is 3.11. The molecule has 3 rings (SSSR count). The first kappa shape index (κ1) is 14.5. The maximum Gasteiger partial charge on any atom is 0.196 e. The second-order valence-electron chi connectivity index (χ2n) is 5.22. The molecule has 0 unspecified atom stereocenters. The van der Waals surface area contributed by atoms with E-state index in [2.05, 4.69) is 14.8 Å². The summed E-state index contributed by atoms with van der Waals surface area (Å²) in [5, 5.41) is 9.43. The average Bonchev–Trinajstić information content (AvgIpc) is 2.71. The van der Waals surface area contributed by atoms with Gasteiger partial charge in [0.25, 0.3) is 0 Å². The van der Waals surface area contributed by atoms with E-state index < -0.39 is 0 Å². The van der Waals surface area contributed by atoms with Crippen LogP contribution in [0.1, 0.15) is 30.7 Å². The fourth-order valence-electron chi connectivity index (χ4n) is 2.65. The second kappa shape index (κ2) is 6.58. The lowest BCUT2D eigenvalue weighted by atomic mass is 10.1. The number of nitrogens with zero attached hydrogens (tertiary/aromatic N) is 3. The molecule has 2 aromatic rings. The number of fused-ring (bicyclic) bond motifs is 1. The van der Waals surface area contributed by atoms with E-state index >= 15 is 0 Å². The monoisotopic (exact) mass is 306 g/mol.